The van der Waals surface area contributed by atoms with E-state index in [4.69, 9.17) is 5.11 Å². The quantitative estimate of drug-likeness (QED) is 0.698. The number of phenols is 1. The average Bonchev–Trinajstić information content (AvgIpc) is 2.94. The molecule has 0 atom stereocenters. The van der Waals surface area contributed by atoms with Gasteiger partial charge < -0.3 is 15.5 Å². The number of carbonyl (C=O) groups is 2. The van der Waals surface area contributed by atoms with Crippen LogP contribution in [0.3, 0.4) is 0 Å². The number of aliphatic imine (C=N–C) groups is 1. The molecule has 27 heavy (non-hydrogen) atoms. The van der Waals surface area contributed by atoms with Gasteiger partial charge in [0.2, 0.25) is 0 Å². The van der Waals surface area contributed by atoms with Crippen molar-refractivity contribution in [2.75, 3.05) is 0 Å². The van der Waals surface area contributed by atoms with Crippen molar-refractivity contribution in [1.29, 1.82) is 0 Å². The fourth-order valence-electron chi connectivity index (χ4n) is 2.43. The van der Waals surface area contributed by atoms with Crippen molar-refractivity contribution < 1.29 is 19.8 Å². The van der Waals surface area contributed by atoms with E-state index in [-0.39, 0.29) is 17.2 Å². The van der Waals surface area contributed by atoms with E-state index in [0.29, 0.717) is 15.8 Å². The van der Waals surface area contributed by atoms with Crippen molar-refractivity contribution in [3.8, 4) is 5.75 Å². The highest BCUT2D eigenvalue weighted by molar-refractivity contribution is 8.18. The van der Waals surface area contributed by atoms with Crippen molar-refractivity contribution in [2.24, 2.45) is 4.99 Å². The van der Waals surface area contributed by atoms with E-state index in [1.165, 1.54) is 30.0 Å². The highest BCUT2D eigenvalue weighted by atomic mass is 32.2. The van der Waals surface area contributed by atoms with Gasteiger partial charge in [0.15, 0.2) is 5.17 Å². The summed E-state index contributed by atoms with van der Waals surface area (Å²) in [4.78, 5) is 27.8. The van der Waals surface area contributed by atoms with Crippen molar-refractivity contribution in [3.63, 3.8) is 0 Å². The first kappa shape index (κ1) is 18.5. The Morgan fingerprint density at radius 1 is 1.19 bits per heavy atom. The zero-order chi connectivity index (χ0) is 19.4. The largest absolute Gasteiger partial charge is 0.507 e. The molecular weight excluding hydrogens is 364 g/mol. The number of amides is 1. The van der Waals surface area contributed by atoms with Crippen LogP contribution >= 0.6 is 11.8 Å². The number of benzene rings is 2. The van der Waals surface area contributed by atoms with E-state index in [1.54, 1.807) is 6.08 Å². The lowest BCUT2D eigenvalue weighted by atomic mass is 10.1. The number of allylic oxidation sites excluding steroid dienone is 2. The first-order chi connectivity index (χ1) is 12.9. The Bertz CT molecular complexity index is 994. The fourth-order valence-corrected chi connectivity index (χ4v) is 3.32. The smallest absolute Gasteiger partial charge is 0.339 e. The summed E-state index contributed by atoms with van der Waals surface area (Å²) in [5.41, 5.74) is 2.10. The number of thioether (sulfide) groups is 1. The minimum atomic E-state index is -1.22. The van der Waals surface area contributed by atoms with Gasteiger partial charge in [-0.05, 0) is 48.0 Å². The second-order valence-corrected chi connectivity index (χ2v) is 6.82. The number of amidine groups is 1. The van der Waals surface area contributed by atoms with Crippen molar-refractivity contribution in [1.82, 2.24) is 5.32 Å². The summed E-state index contributed by atoms with van der Waals surface area (Å²) in [5.74, 6) is -1.86. The highest BCUT2D eigenvalue weighted by Gasteiger charge is 2.24. The highest BCUT2D eigenvalue weighted by Crippen LogP contribution is 2.29. The number of rotatable bonds is 4. The molecule has 1 fully saturated rings. The predicted molar refractivity (Wildman–Crippen MR) is 106 cm³/mol. The second kappa shape index (κ2) is 7.92. The van der Waals surface area contributed by atoms with Crippen LogP contribution in [0.25, 0.3) is 6.08 Å². The summed E-state index contributed by atoms with van der Waals surface area (Å²) in [6.45, 7) is 1.91. The van der Waals surface area contributed by atoms with Gasteiger partial charge >= 0.3 is 5.97 Å². The third kappa shape index (κ3) is 4.65. The SMILES string of the molecule is CC(/C=C1\SC(=Nc2ccc(C(=O)O)c(O)c2)NC1=O)=C\c1ccccc1. The Morgan fingerprint density at radius 2 is 1.93 bits per heavy atom. The molecular formula is C20H16N2O4S. The van der Waals surface area contributed by atoms with Crippen LogP contribution in [-0.4, -0.2) is 27.3 Å². The van der Waals surface area contributed by atoms with Gasteiger partial charge in [-0.25, -0.2) is 9.79 Å². The molecule has 6 nitrogen and oxygen atoms in total. The Morgan fingerprint density at radius 3 is 2.59 bits per heavy atom. The van der Waals surface area contributed by atoms with Crippen LogP contribution in [-0.2, 0) is 4.79 Å². The van der Waals surface area contributed by atoms with Crippen LogP contribution in [0.4, 0.5) is 5.69 Å². The lowest BCUT2D eigenvalue weighted by Gasteiger charge is -2.01. The first-order valence-corrected chi connectivity index (χ1v) is 8.83. The van der Waals surface area contributed by atoms with Gasteiger partial charge in [0, 0.05) is 6.07 Å². The van der Waals surface area contributed by atoms with E-state index in [2.05, 4.69) is 10.3 Å². The van der Waals surface area contributed by atoms with E-state index in [9.17, 15) is 14.7 Å². The van der Waals surface area contributed by atoms with Gasteiger partial charge in [-0.1, -0.05) is 36.4 Å². The number of aromatic carboxylic acids is 1. The normalized spacial score (nSPS) is 17.4. The van der Waals surface area contributed by atoms with Crippen LogP contribution in [0.5, 0.6) is 5.75 Å². The minimum absolute atomic E-state index is 0.204. The summed E-state index contributed by atoms with van der Waals surface area (Å²) in [6.07, 6.45) is 3.75. The van der Waals surface area contributed by atoms with Gasteiger partial charge in [-0.15, -0.1) is 0 Å². The maximum absolute atomic E-state index is 12.1. The Hall–Kier alpha value is -3.32. The summed E-state index contributed by atoms with van der Waals surface area (Å²) in [6, 6.07) is 13.7. The Balaban J connectivity index is 1.79. The van der Waals surface area contributed by atoms with E-state index in [1.807, 2.05) is 43.3 Å². The molecule has 0 aromatic heterocycles. The Labute approximate surface area is 160 Å². The fraction of sp³-hybridized carbons (Fsp3) is 0.0500. The molecule has 1 aliphatic heterocycles. The first-order valence-electron chi connectivity index (χ1n) is 8.01. The van der Waals surface area contributed by atoms with Crippen LogP contribution in [0.2, 0.25) is 0 Å². The third-order valence-corrected chi connectivity index (χ3v) is 4.56. The molecule has 0 unspecified atom stereocenters. The Kier molecular flexibility index (Phi) is 5.42. The maximum Gasteiger partial charge on any atom is 0.339 e. The molecule has 0 saturated carbocycles. The topological polar surface area (TPSA) is 99.0 Å². The molecule has 2 aromatic carbocycles. The summed E-state index contributed by atoms with van der Waals surface area (Å²) >= 11 is 1.18. The number of carboxylic acid groups (broad SMARTS) is 1. The lowest BCUT2D eigenvalue weighted by Crippen LogP contribution is -2.19. The van der Waals surface area contributed by atoms with Crippen LogP contribution in [0.15, 0.2) is 70.1 Å². The molecule has 0 spiro atoms. The molecule has 1 aliphatic rings. The molecule has 1 amide bonds. The van der Waals surface area contributed by atoms with Gasteiger partial charge in [0.05, 0.1) is 10.6 Å². The van der Waals surface area contributed by atoms with Gasteiger partial charge in [0.25, 0.3) is 5.91 Å². The molecule has 7 heteroatoms. The number of carboxylic acids is 1. The molecule has 136 valence electrons. The van der Waals surface area contributed by atoms with E-state index < -0.39 is 5.97 Å². The standard InChI is InChI=1S/C20H16N2O4S/c1-12(9-13-5-3-2-4-6-13)10-17-18(24)22-20(27-17)21-14-7-8-15(19(25)26)16(23)11-14/h2-11,23H,1H3,(H,25,26)(H,21,22,24)/b12-9+,17-10-. The van der Waals surface area contributed by atoms with E-state index >= 15 is 0 Å². The zero-order valence-corrected chi connectivity index (χ0v) is 15.2. The van der Waals surface area contributed by atoms with Crippen LogP contribution in [0.1, 0.15) is 22.8 Å². The number of aromatic hydroxyl groups is 1. The summed E-state index contributed by atoms with van der Waals surface area (Å²) in [7, 11) is 0. The van der Waals surface area contributed by atoms with Gasteiger partial charge in [0.1, 0.15) is 11.3 Å². The third-order valence-electron chi connectivity index (χ3n) is 3.65. The molecule has 1 saturated heterocycles. The van der Waals surface area contributed by atoms with Gasteiger partial charge in [-0.2, -0.15) is 0 Å². The average molecular weight is 380 g/mol. The molecule has 0 radical (unpaired) electrons. The van der Waals surface area contributed by atoms with Crippen molar-refractivity contribution >= 4 is 40.6 Å². The number of nitrogens with zero attached hydrogens (tertiary/aromatic N) is 1. The zero-order valence-electron chi connectivity index (χ0n) is 14.3. The van der Waals surface area contributed by atoms with Crippen LogP contribution < -0.4 is 5.32 Å². The number of hydrogen-bond acceptors (Lipinski definition) is 5. The van der Waals surface area contributed by atoms with Crippen molar-refractivity contribution in [3.05, 3.63) is 76.2 Å². The number of carbonyl (C=O) groups excluding carboxylic acids is 1. The molecule has 0 bridgehead atoms. The van der Waals surface area contributed by atoms with Gasteiger partial charge in [-0.3, -0.25) is 4.79 Å². The second-order valence-electron chi connectivity index (χ2n) is 5.79. The predicted octanol–water partition coefficient (Wildman–Crippen LogP) is 3.93. The molecule has 3 rings (SSSR count). The maximum atomic E-state index is 12.1. The van der Waals surface area contributed by atoms with Crippen molar-refractivity contribution in [2.45, 2.75) is 6.92 Å². The lowest BCUT2D eigenvalue weighted by molar-refractivity contribution is -0.115. The summed E-state index contributed by atoms with van der Waals surface area (Å²) < 4.78 is 0. The summed E-state index contributed by atoms with van der Waals surface area (Å²) in [5, 5.41) is 21.7. The number of hydrogen-bond donors (Lipinski definition) is 3. The molecule has 2 aromatic rings. The monoisotopic (exact) mass is 380 g/mol. The molecule has 0 aliphatic carbocycles. The molecule has 1 heterocycles. The van der Waals surface area contributed by atoms with Crippen LogP contribution in [0, 0.1) is 0 Å². The number of nitrogens with one attached hydrogen (secondary N) is 1. The minimum Gasteiger partial charge on any atom is -0.507 e. The van der Waals surface area contributed by atoms with E-state index in [0.717, 1.165) is 11.1 Å². The molecule has 3 N–H and O–H groups in total.